The normalized spacial score (nSPS) is 13.7. The van der Waals surface area contributed by atoms with Crippen LogP contribution < -0.4 is 14.2 Å². The van der Waals surface area contributed by atoms with Crippen molar-refractivity contribution in [3.8, 4) is 34.2 Å². The summed E-state index contributed by atoms with van der Waals surface area (Å²) in [5, 5.41) is 4.81. The first kappa shape index (κ1) is 21.0. The van der Waals surface area contributed by atoms with Crippen molar-refractivity contribution in [2.24, 2.45) is 0 Å². The Labute approximate surface area is 199 Å². The van der Waals surface area contributed by atoms with Crippen LogP contribution in [-0.2, 0) is 0 Å². The lowest BCUT2D eigenvalue weighted by Crippen LogP contribution is -1.98. The Bertz CT molecular complexity index is 1390. The summed E-state index contributed by atoms with van der Waals surface area (Å²) >= 11 is 3.41. The third kappa shape index (κ3) is 3.91. The molecule has 6 nitrogen and oxygen atoms in total. The van der Waals surface area contributed by atoms with Gasteiger partial charge in [-0.05, 0) is 54.6 Å². The van der Waals surface area contributed by atoms with Crippen LogP contribution in [0.25, 0.3) is 23.0 Å². The molecule has 33 heavy (non-hydrogen) atoms. The maximum atomic E-state index is 13.0. The van der Waals surface area contributed by atoms with E-state index in [2.05, 4.69) is 15.9 Å². The van der Waals surface area contributed by atoms with Gasteiger partial charge in [0, 0.05) is 21.8 Å². The fourth-order valence-corrected chi connectivity index (χ4v) is 4.08. The third-order valence-corrected chi connectivity index (χ3v) is 5.83. The summed E-state index contributed by atoms with van der Waals surface area (Å²) in [4.78, 5) is 13.0. The third-order valence-electron chi connectivity index (χ3n) is 5.34. The number of Topliss-reactive ketones (excluding diaryl/α,β-unsaturated/α-hetero) is 1. The van der Waals surface area contributed by atoms with Crippen LogP contribution in [0.5, 0.6) is 17.2 Å². The molecular weight excluding hydrogens is 484 g/mol. The number of rotatable bonds is 5. The Kier molecular flexibility index (Phi) is 5.48. The fraction of sp³-hybridized carbons (Fsp3) is 0.0769. The van der Waals surface area contributed by atoms with Crippen molar-refractivity contribution in [3.63, 3.8) is 0 Å². The summed E-state index contributed by atoms with van der Waals surface area (Å²) in [6.45, 7) is 0. The highest BCUT2D eigenvalue weighted by atomic mass is 79.9. The summed E-state index contributed by atoms with van der Waals surface area (Å²) in [6, 6.07) is 20.8. The number of ketones is 1. The molecule has 5 rings (SSSR count). The molecule has 0 radical (unpaired) electrons. The van der Waals surface area contributed by atoms with E-state index in [-0.39, 0.29) is 11.5 Å². The Morgan fingerprint density at radius 2 is 1.76 bits per heavy atom. The van der Waals surface area contributed by atoms with Crippen molar-refractivity contribution >= 4 is 27.8 Å². The van der Waals surface area contributed by atoms with Crippen LogP contribution >= 0.6 is 15.9 Å². The lowest BCUT2D eigenvalue weighted by atomic mass is 10.1. The van der Waals surface area contributed by atoms with Gasteiger partial charge >= 0.3 is 0 Å². The molecule has 0 aliphatic carbocycles. The molecule has 0 amide bonds. The molecule has 0 spiro atoms. The highest BCUT2D eigenvalue weighted by Crippen LogP contribution is 2.37. The maximum absolute atomic E-state index is 13.0. The molecule has 164 valence electrons. The average molecular weight is 503 g/mol. The first-order valence-corrected chi connectivity index (χ1v) is 11.0. The van der Waals surface area contributed by atoms with Crippen molar-refractivity contribution in [1.82, 2.24) is 9.78 Å². The summed E-state index contributed by atoms with van der Waals surface area (Å²) < 4.78 is 19.3. The smallest absolute Gasteiger partial charge is 0.232 e. The number of benzene rings is 3. The van der Waals surface area contributed by atoms with Gasteiger partial charge in [-0.15, -0.1) is 0 Å². The number of ether oxygens (including phenoxy) is 3. The molecule has 7 heteroatoms. The van der Waals surface area contributed by atoms with Crippen LogP contribution in [0.3, 0.4) is 0 Å². The number of aromatic nitrogens is 2. The molecule has 0 saturated carbocycles. The Hall–Kier alpha value is -3.84. The number of methoxy groups -OCH3 is 2. The second-order valence-electron chi connectivity index (χ2n) is 7.36. The monoisotopic (exact) mass is 502 g/mol. The van der Waals surface area contributed by atoms with Crippen LogP contribution in [0.1, 0.15) is 15.9 Å². The predicted molar refractivity (Wildman–Crippen MR) is 129 cm³/mol. The first-order chi connectivity index (χ1) is 16.1. The first-order valence-electron chi connectivity index (χ1n) is 10.2. The number of carbonyl (C=O) groups is 1. The molecule has 2 heterocycles. The van der Waals surface area contributed by atoms with Gasteiger partial charge in [0.2, 0.25) is 5.78 Å². The zero-order valence-corrected chi connectivity index (χ0v) is 19.5. The molecule has 3 aromatic carbocycles. The minimum atomic E-state index is -0.169. The van der Waals surface area contributed by atoms with E-state index >= 15 is 0 Å². The molecular formula is C26H19BrN2O4. The number of fused-ring (bicyclic) bond motifs is 1. The number of nitrogens with zero attached hydrogens (tertiary/aromatic N) is 2. The quantitative estimate of drug-likeness (QED) is 0.316. The Morgan fingerprint density at radius 3 is 2.52 bits per heavy atom. The van der Waals surface area contributed by atoms with E-state index in [0.29, 0.717) is 28.5 Å². The summed E-state index contributed by atoms with van der Waals surface area (Å²) in [7, 11) is 3.18. The number of allylic oxidation sites excluding steroid dienone is 1. The summed E-state index contributed by atoms with van der Waals surface area (Å²) in [5.41, 5.74) is 3.66. The van der Waals surface area contributed by atoms with Gasteiger partial charge in [-0.25, -0.2) is 4.68 Å². The molecule has 0 bridgehead atoms. The molecule has 0 saturated heterocycles. The second kappa shape index (κ2) is 8.60. The Balaban J connectivity index is 1.63. The van der Waals surface area contributed by atoms with Gasteiger partial charge in [-0.2, -0.15) is 5.10 Å². The van der Waals surface area contributed by atoms with Crippen LogP contribution in [0.4, 0.5) is 0 Å². The van der Waals surface area contributed by atoms with Crippen LogP contribution in [0.15, 0.2) is 83.2 Å². The molecule has 1 aliphatic rings. The predicted octanol–water partition coefficient (Wildman–Crippen LogP) is 5.94. The van der Waals surface area contributed by atoms with Gasteiger partial charge in [0.25, 0.3) is 0 Å². The van der Waals surface area contributed by atoms with E-state index < -0.39 is 0 Å². The van der Waals surface area contributed by atoms with E-state index in [9.17, 15) is 4.79 Å². The van der Waals surface area contributed by atoms with E-state index in [1.807, 2.05) is 60.8 Å². The standard InChI is InChI=1S/C26H19BrN2O4/c1-31-22-10-8-16(12-23(22)32-2)25-17(15-29(28-25)19-6-4-3-5-7-19)13-24-26(30)20-14-18(27)9-11-21(20)33-24/h3-15H,1-2H3/b24-13-. The van der Waals surface area contributed by atoms with Crippen LogP contribution in [-0.4, -0.2) is 29.8 Å². The van der Waals surface area contributed by atoms with Crippen molar-refractivity contribution in [2.75, 3.05) is 14.2 Å². The number of para-hydroxylation sites is 1. The summed E-state index contributed by atoms with van der Waals surface area (Å²) in [6.07, 6.45) is 3.61. The number of hydrogen-bond acceptors (Lipinski definition) is 5. The van der Waals surface area contributed by atoms with Crippen molar-refractivity contribution < 1.29 is 19.0 Å². The molecule has 0 unspecified atom stereocenters. The highest BCUT2D eigenvalue weighted by molar-refractivity contribution is 9.10. The highest BCUT2D eigenvalue weighted by Gasteiger charge is 2.28. The molecule has 0 fully saturated rings. The molecule has 0 N–H and O–H groups in total. The van der Waals surface area contributed by atoms with Gasteiger partial charge in [0.15, 0.2) is 17.3 Å². The molecule has 4 aromatic rings. The van der Waals surface area contributed by atoms with Gasteiger partial charge in [-0.3, -0.25) is 4.79 Å². The zero-order valence-electron chi connectivity index (χ0n) is 17.9. The van der Waals surface area contributed by atoms with Crippen molar-refractivity contribution in [1.29, 1.82) is 0 Å². The lowest BCUT2D eigenvalue weighted by Gasteiger charge is -2.09. The van der Waals surface area contributed by atoms with Gasteiger partial charge < -0.3 is 14.2 Å². The minimum Gasteiger partial charge on any atom is -0.493 e. The lowest BCUT2D eigenvalue weighted by molar-refractivity contribution is 0.101. The molecule has 1 aliphatic heterocycles. The fourth-order valence-electron chi connectivity index (χ4n) is 3.72. The summed E-state index contributed by atoms with van der Waals surface area (Å²) in [5.74, 6) is 1.83. The maximum Gasteiger partial charge on any atom is 0.232 e. The zero-order chi connectivity index (χ0) is 22.9. The van der Waals surface area contributed by atoms with Gasteiger partial charge in [0.05, 0.1) is 25.5 Å². The van der Waals surface area contributed by atoms with Crippen molar-refractivity contribution in [2.45, 2.75) is 0 Å². The van der Waals surface area contributed by atoms with Gasteiger partial charge in [0.1, 0.15) is 11.4 Å². The van der Waals surface area contributed by atoms with Crippen LogP contribution in [0, 0.1) is 0 Å². The molecule has 1 aromatic heterocycles. The van der Waals surface area contributed by atoms with E-state index in [1.165, 1.54) is 0 Å². The number of carbonyl (C=O) groups excluding carboxylic acids is 1. The number of hydrogen-bond donors (Lipinski definition) is 0. The topological polar surface area (TPSA) is 62.6 Å². The van der Waals surface area contributed by atoms with Crippen LogP contribution in [0.2, 0.25) is 0 Å². The molecule has 0 atom stereocenters. The largest absolute Gasteiger partial charge is 0.493 e. The van der Waals surface area contributed by atoms with Gasteiger partial charge in [-0.1, -0.05) is 34.1 Å². The minimum absolute atomic E-state index is 0.169. The number of halogens is 1. The second-order valence-corrected chi connectivity index (χ2v) is 8.28. The average Bonchev–Trinajstić information content (AvgIpc) is 3.40. The van der Waals surface area contributed by atoms with E-state index in [4.69, 9.17) is 19.3 Å². The SMILES string of the molecule is COc1ccc(-c2nn(-c3ccccc3)cc2/C=C2\Oc3ccc(Br)cc3C2=O)cc1OC. The van der Waals surface area contributed by atoms with E-state index in [0.717, 1.165) is 21.3 Å². The Morgan fingerprint density at radius 1 is 0.970 bits per heavy atom. The van der Waals surface area contributed by atoms with Crippen molar-refractivity contribution in [3.05, 3.63) is 94.3 Å². The van der Waals surface area contributed by atoms with E-state index in [1.54, 1.807) is 37.1 Å².